The summed E-state index contributed by atoms with van der Waals surface area (Å²) in [5.74, 6) is -0.606. The molecule has 0 fully saturated rings. The maximum atomic E-state index is 13.9. The summed E-state index contributed by atoms with van der Waals surface area (Å²) in [6.45, 7) is -0.409. The highest BCUT2D eigenvalue weighted by molar-refractivity contribution is 6.03. The number of hydrogen-bond acceptors (Lipinski definition) is 3. The minimum absolute atomic E-state index is 0.0930. The number of hydrogen-bond donors (Lipinski definition) is 2. The van der Waals surface area contributed by atoms with Crippen molar-refractivity contribution < 1.29 is 13.9 Å². The molecule has 17 heavy (non-hydrogen) atoms. The van der Waals surface area contributed by atoms with E-state index in [0.717, 1.165) is 0 Å². The summed E-state index contributed by atoms with van der Waals surface area (Å²) < 4.78 is 19.0. The van der Waals surface area contributed by atoms with E-state index in [9.17, 15) is 9.18 Å². The molecule has 3 rings (SSSR count). The first-order valence-corrected chi connectivity index (χ1v) is 5.04. The van der Waals surface area contributed by atoms with E-state index < -0.39 is 18.0 Å². The fraction of sp³-hybridized carbons (Fsp3) is 0.0833. The summed E-state index contributed by atoms with van der Waals surface area (Å²) in [5, 5.41) is 10.1. The Morgan fingerprint density at radius 2 is 2.12 bits per heavy atom. The van der Waals surface area contributed by atoms with Crippen molar-refractivity contribution in [1.29, 1.82) is 0 Å². The van der Waals surface area contributed by atoms with Crippen LogP contribution in [0.2, 0.25) is 0 Å². The summed E-state index contributed by atoms with van der Waals surface area (Å²) in [6.07, 6.45) is 1.39. The van der Waals surface area contributed by atoms with Crippen LogP contribution in [0.5, 0.6) is 0 Å². The van der Waals surface area contributed by atoms with Gasteiger partial charge in [0.1, 0.15) is 0 Å². The molecule has 0 atom stereocenters. The van der Waals surface area contributed by atoms with Gasteiger partial charge in [-0.2, -0.15) is 0 Å². The van der Waals surface area contributed by atoms with Crippen molar-refractivity contribution in [1.82, 2.24) is 4.98 Å². The van der Waals surface area contributed by atoms with E-state index in [-0.39, 0.29) is 16.7 Å². The Morgan fingerprint density at radius 1 is 1.29 bits per heavy atom. The smallest absolute Gasteiger partial charge is 0.292 e. The quantitative estimate of drug-likeness (QED) is 0.674. The number of furan rings is 1. The van der Waals surface area contributed by atoms with E-state index in [2.05, 4.69) is 4.98 Å². The minimum atomic E-state index is -0.606. The maximum Gasteiger partial charge on any atom is 0.292 e. The molecular formula is C12H8FNO3. The molecule has 0 aliphatic heterocycles. The molecule has 0 aliphatic rings. The van der Waals surface area contributed by atoms with Gasteiger partial charge in [-0.05, 0) is 6.07 Å². The Labute approximate surface area is 94.3 Å². The van der Waals surface area contributed by atoms with Gasteiger partial charge < -0.3 is 14.5 Å². The minimum Gasteiger partial charge on any atom is -0.459 e. The Kier molecular flexibility index (Phi) is 2.02. The highest BCUT2D eigenvalue weighted by atomic mass is 19.1. The third-order valence-corrected chi connectivity index (χ3v) is 2.79. The number of halogens is 1. The van der Waals surface area contributed by atoms with E-state index in [1.807, 2.05) is 0 Å². The summed E-state index contributed by atoms with van der Waals surface area (Å²) in [7, 11) is 0. The van der Waals surface area contributed by atoms with Crippen LogP contribution in [0.1, 0.15) is 5.56 Å². The van der Waals surface area contributed by atoms with E-state index in [1.54, 1.807) is 12.1 Å². The Bertz CT molecular complexity index is 772. The number of aliphatic hydroxyl groups excluding tert-OH is 1. The molecule has 0 saturated heterocycles. The number of H-pyrrole nitrogens is 1. The number of pyridine rings is 1. The molecule has 0 bridgehead atoms. The maximum absolute atomic E-state index is 13.9. The molecule has 3 aromatic rings. The molecule has 0 radical (unpaired) electrons. The van der Waals surface area contributed by atoms with Crippen molar-refractivity contribution in [3.05, 3.63) is 46.2 Å². The summed E-state index contributed by atoms with van der Waals surface area (Å²) >= 11 is 0. The molecule has 1 aromatic carbocycles. The van der Waals surface area contributed by atoms with Gasteiger partial charge in [0.15, 0.2) is 11.4 Å². The Morgan fingerprint density at radius 3 is 2.88 bits per heavy atom. The number of fused-ring (bicyclic) bond motifs is 3. The van der Waals surface area contributed by atoms with Crippen LogP contribution in [0.3, 0.4) is 0 Å². The van der Waals surface area contributed by atoms with Gasteiger partial charge in [-0.3, -0.25) is 4.79 Å². The van der Waals surface area contributed by atoms with Crippen molar-refractivity contribution in [3.63, 3.8) is 0 Å². The topological polar surface area (TPSA) is 66.2 Å². The van der Waals surface area contributed by atoms with Crippen LogP contribution in [-0.4, -0.2) is 10.1 Å². The normalized spacial score (nSPS) is 11.4. The molecule has 86 valence electrons. The van der Waals surface area contributed by atoms with E-state index in [1.165, 1.54) is 12.3 Å². The zero-order valence-corrected chi connectivity index (χ0v) is 8.66. The van der Waals surface area contributed by atoms with Crippen LogP contribution in [-0.2, 0) is 6.61 Å². The summed E-state index contributed by atoms with van der Waals surface area (Å²) in [4.78, 5) is 14.1. The molecule has 0 amide bonds. The second-order valence-electron chi connectivity index (χ2n) is 3.74. The lowest BCUT2D eigenvalue weighted by Crippen LogP contribution is -2.07. The van der Waals surface area contributed by atoms with E-state index in [0.29, 0.717) is 10.8 Å². The lowest BCUT2D eigenvalue weighted by atomic mass is 10.1. The van der Waals surface area contributed by atoms with Crippen molar-refractivity contribution in [2.45, 2.75) is 6.61 Å². The van der Waals surface area contributed by atoms with Crippen LogP contribution in [0, 0.1) is 5.82 Å². The van der Waals surface area contributed by atoms with Gasteiger partial charge in [-0.15, -0.1) is 0 Å². The zero-order valence-electron chi connectivity index (χ0n) is 8.66. The SMILES string of the molecule is O=c1[nH]c2c(F)c(CO)ccc2c2ccoc12. The van der Waals surface area contributed by atoms with Gasteiger partial charge in [0.2, 0.25) is 0 Å². The second-order valence-corrected chi connectivity index (χ2v) is 3.74. The van der Waals surface area contributed by atoms with Crippen LogP contribution in [0.4, 0.5) is 4.39 Å². The number of aromatic amines is 1. The van der Waals surface area contributed by atoms with E-state index >= 15 is 0 Å². The first kappa shape index (κ1) is 10.0. The van der Waals surface area contributed by atoms with Gasteiger partial charge in [0.25, 0.3) is 5.56 Å². The Hall–Kier alpha value is -2.14. The van der Waals surface area contributed by atoms with Gasteiger partial charge in [0.05, 0.1) is 18.4 Å². The monoisotopic (exact) mass is 233 g/mol. The molecule has 2 N–H and O–H groups in total. The second kappa shape index (κ2) is 3.43. The zero-order chi connectivity index (χ0) is 12.0. The molecule has 0 saturated carbocycles. The van der Waals surface area contributed by atoms with Crippen LogP contribution < -0.4 is 5.56 Å². The number of benzene rings is 1. The van der Waals surface area contributed by atoms with Crippen LogP contribution in [0.15, 0.2) is 33.7 Å². The highest BCUT2D eigenvalue weighted by Crippen LogP contribution is 2.25. The number of aromatic nitrogens is 1. The fourth-order valence-electron chi connectivity index (χ4n) is 1.96. The fourth-order valence-corrected chi connectivity index (χ4v) is 1.96. The molecule has 0 spiro atoms. The molecular weight excluding hydrogens is 225 g/mol. The number of rotatable bonds is 1. The Balaban J connectivity index is 2.58. The first-order chi connectivity index (χ1) is 8.22. The molecule has 0 aliphatic carbocycles. The first-order valence-electron chi connectivity index (χ1n) is 5.04. The molecule has 2 heterocycles. The van der Waals surface area contributed by atoms with Crippen molar-refractivity contribution >= 4 is 21.9 Å². The van der Waals surface area contributed by atoms with Gasteiger partial charge in [-0.25, -0.2) is 4.39 Å². The average Bonchev–Trinajstić information content (AvgIpc) is 2.81. The van der Waals surface area contributed by atoms with Crippen molar-refractivity contribution in [2.24, 2.45) is 0 Å². The largest absolute Gasteiger partial charge is 0.459 e. The van der Waals surface area contributed by atoms with Gasteiger partial charge >= 0.3 is 0 Å². The van der Waals surface area contributed by atoms with E-state index in [4.69, 9.17) is 9.52 Å². The predicted octanol–water partition coefficient (Wildman–Crippen LogP) is 1.91. The van der Waals surface area contributed by atoms with Crippen molar-refractivity contribution in [3.8, 4) is 0 Å². The van der Waals surface area contributed by atoms with Crippen molar-refractivity contribution in [2.75, 3.05) is 0 Å². The van der Waals surface area contributed by atoms with Gasteiger partial charge in [0, 0.05) is 16.3 Å². The van der Waals surface area contributed by atoms with Crippen LogP contribution in [0.25, 0.3) is 21.9 Å². The lowest BCUT2D eigenvalue weighted by Gasteiger charge is -2.04. The number of aliphatic hydroxyl groups is 1. The molecule has 5 heteroatoms. The van der Waals surface area contributed by atoms with Crippen LogP contribution >= 0.6 is 0 Å². The third-order valence-electron chi connectivity index (χ3n) is 2.79. The molecule has 0 unspecified atom stereocenters. The van der Waals surface area contributed by atoms with Gasteiger partial charge in [-0.1, -0.05) is 12.1 Å². The average molecular weight is 233 g/mol. The lowest BCUT2D eigenvalue weighted by molar-refractivity contribution is 0.276. The predicted molar refractivity (Wildman–Crippen MR) is 60.2 cm³/mol. The molecule has 2 aromatic heterocycles. The third kappa shape index (κ3) is 1.29. The molecule has 4 nitrogen and oxygen atoms in total. The highest BCUT2D eigenvalue weighted by Gasteiger charge is 2.13. The summed E-state index contributed by atoms with van der Waals surface area (Å²) in [5.41, 5.74) is -0.0633. The summed E-state index contributed by atoms with van der Waals surface area (Å²) in [6, 6.07) is 4.76. The standard InChI is InChI=1S/C12H8FNO3/c13-9-6(5-15)1-2-7-8-3-4-17-11(8)12(16)14-10(7)9/h1-4,15H,5H2,(H,14,16). The number of nitrogens with one attached hydrogen (secondary N) is 1.